The van der Waals surface area contributed by atoms with Crippen molar-refractivity contribution in [3.05, 3.63) is 22.4 Å². The van der Waals surface area contributed by atoms with Crippen LogP contribution in [0.4, 0.5) is 0 Å². The summed E-state index contributed by atoms with van der Waals surface area (Å²) in [7, 11) is 0. The van der Waals surface area contributed by atoms with Crippen LogP contribution in [-0.4, -0.2) is 22.9 Å². The predicted molar refractivity (Wildman–Crippen MR) is 85.0 cm³/mol. The molecule has 21 heavy (non-hydrogen) atoms. The molecule has 2 saturated carbocycles. The Bertz CT molecular complexity index is 515. The number of rotatable bonds is 4. The maximum atomic E-state index is 12.9. The minimum atomic E-state index is 0.0289. The predicted octanol–water partition coefficient (Wildman–Crippen LogP) is 3.54. The Morgan fingerprint density at radius 1 is 1.38 bits per heavy atom. The minimum absolute atomic E-state index is 0.0289. The lowest BCUT2D eigenvalue weighted by Crippen LogP contribution is -2.43. The molecule has 3 nitrogen and oxygen atoms in total. The van der Waals surface area contributed by atoms with Crippen molar-refractivity contribution in [1.29, 1.82) is 0 Å². The van der Waals surface area contributed by atoms with E-state index in [4.69, 9.17) is 0 Å². The molecular weight excluding hydrogens is 280 g/mol. The Kier molecular flexibility index (Phi) is 3.54. The van der Waals surface area contributed by atoms with Crippen LogP contribution < -0.4 is 5.32 Å². The van der Waals surface area contributed by atoms with Gasteiger partial charge in [0.15, 0.2) is 0 Å². The average molecular weight is 304 g/mol. The van der Waals surface area contributed by atoms with Crippen molar-refractivity contribution in [2.24, 2.45) is 11.8 Å². The summed E-state index contributed by atoms with van der Waals surface area (Å²) in [5.41, 5.74) is 0. The zero-order valence-corrected chi connectivity index (χ0v) is 13.4. The topological polar surface area (TPSA) is 32.3 Å². The van der Waals surface area contributed by atoms with Crippen molar-refractivity contribution in [3.8, 4) is 0 Å². The number of amides is 1. The van der Waals surface area contributed by atoms with E-state index < -0.39 is 0 Å². The van der Waals surface area contributed by atoms with Gasteiger partial charge in [-0.25, -0.2) is 0 Å². The number of fused-ring (bicyclic) bond motifs is 2. The Morgan fingerprint density at radius 2 is 2.29 bits per heavy atom. The highest BCUT2D eigenvalue weighted by atomic mass is 32.1. The molecular formula is C17H24N2OS. The highest BCUT2D eigenvalue weighted by Gasteiger charge is 2.50. The first kappa shape index (κ1) is 13.8. The Morgan fingerprint density at radius 3 is 2.90 bits per heavy atom. The van der Waals surface area contributed by atoms with Gasteiger partial charge in [0, 0.05) is 10.9 Å². The molecule has 3 aliphatic rings. The molecule has 1 amide bonds. The van der Waals surface area contributed by atoms with Gasteiger partial charge in [0.2, 0.25) is 5.91 Å². The summed E-state index contributed by atoms with van der Waals surface area (Å²) in [5, 5.41) is 5.74. The monoisotopic (exact) mass is 304 g/mol. The van der Waals surface area contributed by atoms with Crippen LogP contribution in [-0.2, 0) is 4.79 Å². The Balaban J connectivity index is 1.62. The van der Waals surface area contributed by atoms with Crippen LogP contribution in [0.5, 0.6) is 0 Å². The molecule has 1 aromatic heterocycles. The second-order valence-corrected chi connectivity index (χ2v) is 7.89. The van der Waals surface area contributed by atoms with Gasteiger partial charge in [0.1, 0.15) is 6.17 Å². The third-order valence-electron chi connectivity index (χ3n) is 5.64. The molecule has 5 atom stereocenters. The molecule has 1 saturated heterocycles. The lowest BCUT2D eigenvalue weighted by molar-refractivity contribution is -0.133. The number of hydrogen-bond acceptors (Lipinski definition) is 3. The van der Waals surface area contributed by atoms with Gasteiger partial charge in [-0.15, -0.1) is 11.3 Å². The summed E-state index contributed by atoms with van der Waals surface area (Å²) in [6, 6.07) is 4.78. The first-order valence-corrected chi connectivity index (χ1v) is 9.27. The molecule has 3 fully saturated rings. The van der Waals surface area contributed by atoms with Crippen molar-refractivity contribution in [2.75, 3.05) is 0 Å². The maximum Gasteiger partial charge on any atom is 0.241 e. The molecule has 4 heteroatoms. The second kappa shape index (κ2) is 5.40. The highest BCUT2D eigenvalue weighted by Crippen LogP contribution is 2.49. The smallest absolute Gasteiger partial charge is 0.241 e. The number of nitrogens with one attached hydrogen (secondary N) is 1. The summed E-state index contributed by atoms with van der Waals surface area (Å²) in [5.74, 6) is 1.98. The molecule has 0 spiro atoms. The van der Waals surface area contributed by atoms with Crippen LogP contribution in [0.1, 0.15) is 56.5 Å². The largest absolute Gasteiger partial charge is 0.317 e. The molecule has 2 bridgehead atoms. The lowest BCUT2D eigenvalue weighted by atomic mass is 9.93. The van der Waals surface area contributed by atoms with Gasteiger partial charge in [-0.2, -0.15) is 0 Å². The molecule has 1 aliphatic heterocycles. The van der Waals surface area contributed by atoms with E-state index in [1.165, 1.54) is 30.6 Å². The Labute approximate surface area is 130 Å². The quantitative estimate of drug-likeness (QED) is 0.923. The standard InChI is InChI=1S/C17H24N2OS/c1-2-4-13-17(20)19(14-10-11-6-7-12(14)9-11)16(18-13)15-5-3-8-21-15/h3,5,8,11-14,16,18H,2,4,6-7,9-10H2,1H3. The van der Waals surface area contributed by atoms with Crippen LogP contribution in [0.3, 0.4) is 0 Å². The molecule has 2 heterocycles. The van der Waals surface area contributed by atoms with E-state index in [1.807, 2.05) is 0 Å². The zero-order chi connectivity index (χ0) is 14.4. The average Bonchev–Trinajstić information content (AvgIpc) is 3.22. The normalized spacial score (nSPS) is 38.6. The molecule has 1 aromatic rings. The molecule has 5 unspecified atom stereocenters. The molecule has 1 N–H and O–H groups in total. The molecule has 0 radical (unpaired) electrons. The van der Waals surface area contributed by atoms with Crippen molar-refractivity contribution < 1.29 is 4.79 Å². The van der Waals surface area contributed by atoms with Gasteiger partial charge in [0.25, 0.3) is 0 Å². The van der Waals surface area contributed by atoms with Crippen molar-refractivity contribution in [2.45, 2.75) is 63.7 Å². The molecule has 2 aliphatic carbocycles. The summed E-state index contributed by atoms with van der Waals surface area (Å²) < 4.78 is 0. The summed E-state index contributed by atoms with van der Waals surface area (Å²) in [4.78, 5) is 16.5. The SMILES string of the molecule is CCCC1NC(c2cccs2)N(C2CC3CCC2C3)C1=O. The van der Waals surface area contributed by atoms with Gasteiger partial charge < -0.3 is 4.90 Å². The van der Waals surface area contributed by atoms with E-state index in [1.54, 1.807) is 11.3 Å². The van der Waals surface area contributed by atoms with E-state index in [-0.39, 0.29) is 12.2 Å². The third-order valence-corrected chi connectivity index (χ3v) is 6.56. The van der Waals surface area contributed by atoms with E-state index >= 15 is 0 Å². The van der Waals surface area contributed by atoms with E-state index in [9.17, 15) is 4.79 Å². The summed E-state index contributed by atoms with van der Waals surface area (Å²) >= 11 is 1.77. The van der Waals surface area contributed by atoms with Gasteiger partial charge >= 0.3 is 0 Å². The van der Waals surface area contributed by atoms with Crippen molar-refractivity contribution >= 4 is 17.2 Å². The lowest BCUT2D eigenvalue weighted by Gasteiger charge is -2.35. The first-order chi connectivity index (χ1) is 10.3. The van der Waals surface area contributed by atoms with Crippen LogP contribution in [0, 0.1) is 11.8 Å². The zero-order valence-electron chi connectivity index (χ0n) is 12.6. The number of thiophene rings is 1. The van der Waals surface area contributed by atoms with E-state index in [2.05, 4.69) is 34.7 Å². The fourth-order valence-corrected chi connectivity index (χ4v) is 5.50. The summed E-state index contributed by atoms with van der Waals surface area (Å²) in [6.07, 6.45) is 7.44. The fourth-order valence-electron chi connectivity index (χ4n) is 4.72. The Hall–Kier alpha value is -0.870. The first-order valence-electron chi connectivity index (χ1n) is 8.39. The number of nitrogens with zero attached hydrogens (tertiary/aromatic N) is 1. The van der Waals surface area contributed by atoms with Crippen LogP contribution in [0.2, 0.25) is 0 Å². The van der Waals surface area contributed by atoms with E-state index in [0.29, 0.717) is 11.9 Å². The second-order valence-electron chi connectivity index (χ2n) is 6.91. The van der Waals surface area contributed by atoms with Crippen LogP contribution in [0.25, 0.3) is 0 Å². The molecule has 0 aromatic carbocycles. The maximum absolute atomic E-state index is 12.9. The van der Waals surface area contributed by atoms with Gasteiger partial charge in [-0.3, -0.25) is 10.1 Å². The fraction of sp³-hybridized carbons (Fsp3) is 0.706. The minimum Gasteiger partial charge on any atom is -0.317 e. The number of carbonyl (C=O) groups is 1. The van der Waals surface area contributed by atoms with E-state index in [0.717, 1.165) is 24.7 Å². The van der Waals surface area contributed by atoms with Gasteiger partial charge in [-0.1, -0.05) is 25.8 Å². The highest BCUT2D eigenvalue weighted by molar-refractivity contribution is 7.10. The number of carbonyl (C=O) groups excluding carboxylic acids is 1. The molecule has 114 valence electrons. The summed E-state index contributed by atoms with van der Waals surface area (Å²) in [6.45, 7) is 2.16. The van der Waals surface area contributed by atoms with Crippen molar-refractivity contribution in [1.82, 2.24) is 10.2 Å². The van der Waals surface area contributed by atoms with Gasteiger partial charge in [-0.05, 0) is 49.0 Å². The van der Waals surface area contributed by atoms with Crippen molar-refractivity contribution in [3.63, 3.8) is 0 Å². The third kappa shape index (κ3) is 2.23. The van der Waals surface area contributed by atoms with Crippen LogP contribution in [0.15, 0.2) is 17.5 Å². The van der Waals surface area contributed by atoms with Crippen LogP contribution >= 0.6 is 11.3 Å². The van der Waals surface area contributed by atoms with Gasteiger partial charge in [0.05, 0.1) is 6.04 Å². The number of hydrogen-bond donors (Lipinski definition) is 1. The molecule has 4 rings (SSSR count).